The average Bonchev–Trinajstić information content (AvgIpc) is 2.35. The minimum absolute atomic E-state index is 0.613. The van der Waals surface area contributed by atoms with Gasteiger partial charge in [0, 0.05) is 18.2 Å². The number of ether oxygens (including phenoxy) is 1. The summed E-state index contributed by atoms with van der Waals surface area (Å²) in [6.45, 7) is 2.52. The van der Waals surface area contributed by atoms with Gasteiger partial charge < -0.3 is 10.5 Å². The molecular weight excluding hydrogens is 140 g/mol. The van der Waals surface area contributed by atoms with E-state index in [0.717, 1.165) is 18.8 Å². The molecule has 0 radical (unpaired) electrons. The fourth-order valence-electron chi connectivity index (χ4n) is 0.935. The first-order valence-electron chi connectivity index (χ1n) is 3.59. The number of allylic oxidation sites excluding steroid dienone is 2. The van der Waals surface area contributed by atoms with Crippen molar-refractivity contribution in [1.29, 1.82) is 0 Å². The van der Waals surface area contributed by atoms with Crippen LogP contribution in [0, 0.1) is 0 Å². The maximum atomic E-state index is 5.65. The first-order chi connectivity index (χ1) is 5.20. The van der Waals surface area contributed by atoms with E-state index >= 15 is 0 Å². The van der Waals surface area contributed by atoms with Gasteiger partial charge in [-0.05, 0) is 13.0 Å². The molecule has 3 heteroatoms. The van der Waals surface area contributed by atoms with E-state index in [4.69, 9.17) is 15.9 Å². The van der Waals surface area contributed by atoms with Crippen LogP contribution in [0.15, 0.2) is 23.6 Å². The van der Waals surface area contributed by atoms with E-state index in [1.54, 1.807) is 13.0 Å². The summed E-state index contributed by atoms with van der Waals surface area (Å²) in [6, 6.07) is 0. The molecule has 1 heterocycles. The first-order valence-corrected chi connectivity index (χ1v) is 3.59. The van der Waals surface area contributed by atoms with Gasteiger partial charge in [0.25, 0.3) is 0 Å². The Morgan fingerprint density at radius 1 is 1.82 bits per heavy atom. The molecule has 0 aliphatic carbocycles. The highest BCUT2D eigenvalue weighted by Crippen LogP contribution is 2.09. The minimum Gasteiger partial charge on any atom is -0.487 e. The summed E-state index contributed by atoms with van der Waals surface area (Å²) in [6.07, 6.45) is 4.61. The Balaban J connectivity index is 2.61. The predicted octanol–water partition coefficient (Wildman–Crippen LogP) is -0.647. The van der Waals surface area contributed by atoms with Gasteiger partial charge in [-0.3, -0.25) is 5.41 Å². The second kappa shape index (κ2) is 3.23. The van der Waals surface area contributed by atoms with Gasteiger partial charge in [0.1, 0.15) is 0 Å². The quantitative estimate of drug-likeness (QED) is 0.518. The lowest BCUT2D eigenvalue weighted by Gasteiger charge is -1.96. The molecule has 1 aliphatic heterocycles. The number of nitrogens with two attached hydrogens (primary N) is 2. The standard InChI is InChI=1S/C8H12N2O/c1-6(9)5-7(10)8-3-2-4-11-8/h3,5,10H,2,4,9H2,1H3/p+1. The Kier molecular flexibility index (Phi) is 2.31. The summed E-state index contributed by atoms with van der Waals surface area (Å²) in [4.78, 5) is 0. The molecule has 11 heavy (non-hydrogen) atoms. The molecular formula is C8H13N2O+. The van der Waals surface area contributed by atoms with Crippen LogP contribution in [-0.2, 0) is 4.74 Å². The summed E-state index contributed by atoms with van der Waals surface area (Å²) in [5.74, 6) is 0.759. The molecule has 0 saturated heterocycles. The van der Waals surface area contributed by atoms with Crippen LogP contribution in [0.2, 0.25) is 0 Å². The first kappa shape index (κ1) is 7.85. The predicted molar refractivity (Wildman–Crippen MR) is 43.5 cm³/mol. The summed E-state index contributed by atoms with van der Waals surface area (Å²) >= 11 is 0. The number of hydrogen-bond acceptors (Lipinski definition) is 2. The van der Waals surface area contributed by atoms with Crippen LogP contribution >= 0.6 is 0 Å². The van der Waals surface area contributed by atoms with Crippen LogP contribution in [0.4, 0.5) is 0 Å². The Labute approximate surface area is 66.0 Å². The molecule has 0 atom stereocenters. The number of hydrogen-bond donors (Lipinski definition) is 2. The highest BCUT2D eigenvalue weighted by Gasteiger charge is 2.13. The topological polar surface area (TPSA) is 60.8 Å². The average molecular weight is 153 g/mol. The summed E-state index contributed by atoms with van der Waals surface area (Å²) < 4.78 is 5.21. The van der Waals surface area contributed by atoms with Gasteiger partial charge in [-0.2, -0.15) is 0 Å². The molecule has 0 aromatic carbocycles. The monoisotopic (exact) mass is 153 g/mol. The van der Waals surface area contributed by atoms with Crippen molar-refractivity contribution in [2.24, 2.45) is 5.73 Å². The van der Waals surface area contributed by atoms with E-state index in [2.05, 4.69) is 0 Å². The molecule has 0 aromatic heterocycles. The van der Waals surface area contributed by atoms with Crippen LogP contribution in [-0.4, -0.2) is 12.3 Å². The van der Waals surface area contributed by atoms with Crippen LogP contribution in [0.3, 0.4) is 0 Å². The zero-order valence-corrected chi connectivity index (χ0v) is 6.63. The summed E-state index contributed by atoms with van der Waals surface area (Å²) in [5, 5.41) is 5.65. The van der Waals surface area contributed by atoms with Gasteiger partial charge in [0.05, 0.1) is 6.61 Å². The van der Waals surface area contributed by atoms with E-state index in [0.29, 0.717) is 11.4 Å². The van der Waals surface area contributed by atoms with Gasteiger partial charge in [0.15, 0.2) is 5.76 Å². The molecule has 0 amide bonds. The van der Waals surface area contributed by atoms with Gasteiger partial charge in [-0.25, -0.2) is 0 Å². The number of rotatable bonds is 2. The van der Waals surface area contributed by atoms with E-state index in [-0.39, 0.29) is 0 Å². The van der Waals surface area contributed by atoms with Crippen LogP contribution in [0.1, 0.15) is 13.3 Å². The smallest absolute Gasteiger partial charge is 0.240 e. The maximum Gasteiger partial charge on any atom is 0.240 e. The van der Waals surface area contributed by atoms with Crippen molar-refractivity contribution < 1.29 is 10.1 Å². The minimum atomic E-state index is 0.613. The molecule has 60 valence electrons. The molecule has 3 nitrogen and oxygen atoms in total. The van der Waals surface area contributed by atoms with Crippen LogP contribution < -0.4 is 11.1 Å². The lowest BCUT2D eigenvalue weighted by atomic mass is 10.2. The van der Waals surface area contributed by atoms with Gasteiger partial charge >= 0.3 is 0 Å². The van der Waals surface area contributed by atoms with Crippen molar-refractivity contribution in [1.82, 2.24) is 0 Å². The normalized spacial score (nSPS) is 17.5. The lowest BCUT2D eigenvalue weighted by Crippen LogP contribution is -2.40. The van der Waals surface area contributed by atoms with Crippen molar-refractivity contribution in [3.05, 3.63) is 23.6 Å². The largest absolute Gasteiger partial charge is 0.487 e. The van der Waals surface area contributed by atoms with Gasteiger partial charge in [-0.1, -0.05) is 0 Å². The summed E-state index contributed by atoms with van der Waals surface area (Å²) in [5.41, 5.74) is 6.75. The van der Waals surface area contributed by atoms with E-state index in [1.165, 1.54) is 0 Å². The molecule has 0 bridgehead atoms. The molecule has 0 saturated carbocycles. The Bertz CT molecular complexity index is 224. The second-order valence-corrected chi connectivity index (χ2v) is 2.55. The molecule has 0 fully saturated rings. The highest BCUT2D eigenvalue weighted by molar-refractivity contribution is 6.02. The maximum absolute atomic E-state index is 5.65. The van der Waals surface area contributed by atoms with Crippen molar-refractivity contribution >= 4 is 5.71 Å². The molecule has 4 N–H and O–H groups in total. The van der Waals surface area contributed by atoms with Crippen molar-refractivity contribution in [2.45, 2.75) is 13.3 Å². The third-order valence-electron chi connectivity index (χ3n) is 1.37. The second-order valence-electron chi connectivity index (χ2n) is 2.55. The van der Waals surface area contributed by atoms with Gasteiger partial charge in [0.2, 0.25) is 5.71 Å². The van der Waals surface area contributed by atoms with Gasteiger partial charge in [-0.15, -0.1) is 0 Å². The van der Waals surface area contributed by atoms with Crippen molar-refractivity contribution in [2.75, 3.05) is 6.61 Å². The van der Waals surface area contributed by atoms with Crippen LogP contribution in [0.5, 0.6) is 0 Å². The third-order valence-corrected chi connectivity index (χ3v) is 1.37. The summed E-state index contributed by atoms with van der Waals surface area (Å²) in [7, 11) is 0. The van der Waals surface area contributed by atoms with E-state index in [1.807, 2.05) is 6.08 Å². The zero-order chi connectivity index (χ0) is 8.27. The van der Waals surface area contributed by atoms with Crippen molar-refractivity contribution in [3.8, 4) is 0 Å². The third kappa shape index (κ3) is 2.11. The molecule has 0 aromatic rings. The zero-order valence-electron chi connectivity index (χ0n) is 6.63. The molecule has 1 aliphatic rings. The highest BCUT2D eigenvalue weighted by atomic mass is 16.5. The van der Waals surface area contributed by atoms with E-state index < -0.39 is 0 Å². The fourth-order valence-corrected chi connectivity index (χ4v) is 0.935. The molecule has 1 rings (SSSR count). The molecule has 0 unspecified atom stereocenters. The SMILES string of the molecule is CC(N)=CC(=[NH2+])C1=CCCO1. The fraction of sp³-hybridized carbons (Fsp3) is 0.375. The van der Waals surface area contributed by atoms with Crippen molar-refractivity contribution in [3.63, 3.8) is 0 Å². The van der Waals surface area contributed by atoms with Crippen LogP contribution in [0.25, 0.3) is 0 Å². The molecule has 0 spiro atoms. The Morgan fingerprint density at radius 2 is 2.55 bits per heavy atom. The Morgan fingerprint density at radius 3 is 3.00 bits per heavy atom. The lowest BCUT2D eigenvalue weighted by molar-refractivity contribution is -0.114. The Hall–Kier alpha value is -1.25. The van der Waals surface area contributed by atoms with E-state index in [9.17, 15) is 0 Å².